The summed E-state index contributed by atoms with van der Waals surface area (Å²) in [5.74, 6) is -0.333. The van der Waals surface area contributed by atoms with E-state index in [4.69, 9.17) is 54.4 Å². The van der Waals surface area contributed by atoms with Gasteiger partial charge >= 0.3 is 25.0 Å². The van der Waals surface area contributed by atoms with E-state index in [0.717, 1.165) is 0 Å². The third-order valence-corrected chi connectivity index (χ3v) is 0. The Hall–Kier alpha value is -1.57. The fourth-order valence-electron chi connectivity index (χ4n) is 0. The average molecular weight is 308 g/mol. The van der Waals surface area contributed by atoms with Crippen LogP contribution in [0.5, 0.6) is 0 Å². The van der Waals surface area contributed by atoms with Crippen LogP contribution < -0.4 is 50.5 Å². The molecule has 0 atom stereocenters. The molecule has 0 aliphatic carbocycles. The first-order valence-electron chi connectivity index (χ1n) is 2.66. The number of nitrogens with zero attached hydrogens (tertiary/aromatic N) is 1. The summed E-state index contributed by atoms with van der Waals surface area (Å²) >= 11 is 0. The van der Waals surface area contributed by atoms with Gasteiger partial charge in [-0.25, -0.2) is 4.79 Å². The van der Waals surface area contributed by atoms with Crippen molar-refractivity contribution in [2.24, 2.45) is 11.5 Å². The Morgan fingerprint density at radius 3 is 1.16 bits per heavy atom. The molecule has 0 saturated heterocycles. The Labute approximate surface area is 119 Å². The van der Waals surface area contributed by atoms with Crippen molar-refractivity contribution in [3.8, 4) is 0 Å². The first-order chi connectivity index (χ1) is 7.20. The molecule has 19 heavy (non-hydrogen) atoms. The zero-order valence-corrected chi connectivity index (χ0v) is 10.1. The van der Waals surface area contributed by atoms with E-state index in [0.29, 0.717) is 0 Å². The first kappa shape index (κ1) is 36.0. The number of nitrogens with one attached hydrogen (secondary N) is 1. The molecular weight excluding hydrogens is 296 g/mol. The minimum absolute atomic E-state index is 0. The molecule has 0 aliphatic rings. The van der Waals surface area contributed by atoms with Gasteiger partial charge in [0.15, 0.2) is 5.96 Å². The maximum atomic E-state index is 8.60. The topological polar surface area (TPSA) is 324 Å². The normalized spacial score (nSPS) is 6.95. The Bertz CT molecular complexity index is 186. The molecule has 0 unspecified atom stereocenters. The Kier molecular flexibility index (Phi) is 41.1. The van der Waals surface area contributed by atoms with Gasteiger partial charge in [0.1, 0.15) is 0 Å². The van der Waals surface area contributed by atoms with E-state index in [1.54, 1.807) is 0 Å². The van der Waals surface area contributed by atoms with Crippen LogP contribution in [-0.2, 0) is 0 Å². The molecule has 0 spiro atoms. The van der Waals surface area contributed by atoms with Crippen molar-refractivity contribution in [2.45, 2.75) is 0 Å². The summed E-state index contributed by atoms with van der Waals surface area (Å²) in [5, 5.41) is 34.8. The maximum absolute atomic E-state index is 8.60. The molecule has 0 amide bonds. The van der Waals surface area contributed by atoms with Gasteiger partial charge in [0, 0.05) is 0 Å². The average Bonchev–Trinajstić information content (AvgIpc) is 1.73. The number of hydrogen-bond donors (Lipinski definition) is 7. The predicted molar refractivity (Wildman–Crippen MR) is 44.4 cm³/mol. The number of carbonyl (C=O) groups is 1. The van der Waals surface area contributed by atoms with Gasteiger partial charge in [-0.15, -0.1) is 0 Å². The maximum Gasteiger partial charge on any atom is 1.00 e. The molecule has 0 heterocycles. The quantitative estimate of drug-likeness (QED) is 0.0718. The van der Waals surface area contributed by atoms with Gasteiger partial charge in [0.05, 0.1) is 20.0 Å². The number of guanidine groups is 1. The largest absolute Gasteiger partial charge is 1.00 e. The van der Waals surface area contributed by atoms with Crippen LogP contribution in [0.25, 0.3) is 0 Å². The van der Waals surface area contributed by atoms with Crippen molar-refractivity contribution in [1.82, 2.24) is 6.15 Å². The van der Waals surface area contributed by atoms with Crippen LogP contribution in [0.4, 0.5) is 4.79 Å². The second-order valence-electron chi connectivity index (χ2n) is 1.36. The molecular formula is C2H11ClLiN5O10. The zero-order chi connectivity index (χ0) is 15.2. The number of carboxylic acid groups (broad SMARTS) is 2. The summed E-state index contributed by atoms with van der Waals surface area (Å²) in [7, 11) is -4.69. The third kappa shape index (κ3) is 1380. The molecule has 0 rings (SSSR count). The molecule has 0 bridgehead atoms. The van der Waals surface area contributed by atoms with E-state index in [-0.39, 0.29) is 31.0 Å². The van der Waals surface area contributed by atoms with Gasteiger partial charge in [-0.3, -0.25) is 5.41 Å². The van der Waals surface area contributed by atoms with E-state index >= 15 is 0 Å². The standard InChI is InChI=1S/CH5N3.CH2O3.ClHO4.Li.NO3.H3N/c2*2-1(3)4;2-1(3,4)5;;2-1(3)4;/h(H5,2,3,4);(H2,2,3,4);(H,2,3,4,5);;;1H3/q;;;+1;-1;. The van der Waals surface area contributed by atoms with Gasteiger partial charge in [-0.05, 0) is 0 Å². The molecule has 0 radical (unpaired) electrons. The van der Waals surface area contributed by atoms with Crippen LogP contribution >= 0.6 is 0 Å². The van der Waals surface area contributed by atoms with Crippen LogP contribution in [0.1, 0.15) is 0 Å². The molecule has 0 saturated carbocycles. The van der Waals surface area contributed by atoms with Crippen molar-refractivity contribution in [3.63, 3.8) is 0 Å². The molecule has 11 N–H and O–H groups in total. The summed E-state index contributed by atoms with van der Waals surface area (Å²) in [6, 6.07) is 0. The minimum Gasteiger partial charge on any atom is -0.450 e. The van der Waals surface area contributed by atoms with Crippen molar-refractivity contribution >= 4 is 12.1 Å². The van der Waals surface area contributed by atoms with E-state index in [2.05, 4.69) is 11.5 Å². The van der Waals surface area contributed by atoms with Crippen LogP contribution in [-0.4, -0.2) is 32.1 Å². The van der Waals surface area contributed by atoms with Crippen LogP contribution in [0, 0.1) is 31.0 Å². The van der Waals surface area contributed by atoms with E-state index in [9.17, 15) is 0 Å². The Morgan fingerprint density at radius 1 is 1.16 bits per heavy atom. The zero-order valence-electron chi connectivity index (χ0n) is 9.39. The van der Waals surface area contributed by atoms with Crippen LogP contribution in [0.15, 0.2) is 0 Å². The second-order valence-corrected chi connectivity index (χ2v) is 2.15. The summed E-state index contributed by atoms with van der Waals surface area (Å²) in [5.41, 5.74) is 8.94. The van der Waals surface area contributed by atoms with E-state index in [1.165, 1.54) is 0 Å². The van der Waals surface area contributed by atoms with Gasteiger partial charge in [0.2, 0.25) is 0 Å². The smallest absolute Gasteiger partial charge is 0.450 e. The molecule has 0 aromatic carbocycles. The Morgan fingerprint density at radius 2 is 1.16 bits per heavy atom. The summed E-state index contributed by atoms with van der Waals surface area (Å²) in [4.78, 5) is 16.8. The second kappa shape index (κ2) is 21.7. The van der Waals surface area contributed by atoms with Crippen LogP contribution in [0.2, 0.25) is 0 Å². The van der Waals surface area contributed by atoms with Gasteiger partial charge in [0.25, 0.3) is 0 Å². The minimum atomic E-state index is -4.69. The molecule has 0 fully saturated rings. The summed E-state index contributed by atoms with van der Waals surface area (Å²) in [6.07, 6.45) is -1.83. The molecule has 0 aromatic rings. The number of nitrogens with two attached hydrogens (primary N) is 2. The van der Waals surface area contributed by atoms with Crippen molar-refractivity contribution in [3.05, 3.63) is 15.3 Å². The Balaban J connectivity index is -0.0000000288. The number of hydrogen-bond acceptors (Lipinski definition) is 10. The van der Waals surface area contributed by atoms with Crippen molar-refractivity contribution in [2.75, 3.05) is 0 Å². The van der Waals surface area contributed by atoms with Gasteiger partial charge in [-0.1, -0.05) is 0 Å². The third-order valence-electron chi connectivity index (χ3n) is 0. The van der Waals surface area contributed by atoms with Gasteiger partial charge in [-0.2, -0.15) is 14.0 Å². The van der Waals surface area contributed by atoms with E-state index in [1.807, 2.05) is 0 Å². The van der Waals surface area contributed by atoms with Crippen molar-refractivity contribution < 1.29 is 67.8 Å². The van der Waals surface area contributed by atoms with Crippen LogP contribution in [0.3, 0.4) is 0 Å². The van der Waals surface area contributed by atoms with E-state index < -0.39 is 21.5 Å². The molecule has 15 nitrogen and oxygen atoms in total. The summed E-state index contributed by atoms with van der Waals surface area (Å²) < 4.78 is 32.7. The monoisotopic (exact) mass is 307 g/mol. The van der Waals surface area contributed by atoms with Crippen molar-refractivity contribution in [1.29, 1.82) is 5.41 Å². The molecule has 0 aliphatic heterocycles. The number of rotatable bonds is 0. The fraction of sp³-hybridized carbons (Fsp3) is 0. The van der Waals surface area contributed by atoms with Gasteiger partial charge < -0.3 is 43.2 Å². The molecule has 0 aromatic heterocycles. The first-order valence-corrected chi connectivity index (χ1v) is 3.92. The molecule has 17 heteroatoms. The summed E-state index contributed by atoms with van der Waals surface area (Å²) in [6.45, 7) is 0. The fourth-order valence-corrected chi connectivity index (χ4v) is 0. The molecule has 112 valence electrons. The number of halogens is 1. The predicted octanol–water partition coefficient (Wildman–Crippen LogP) is -8.14. The SMILES string of the molecule is N.N=C(N)N.O=C(O)O.O=[N+]([O-])[O-].[Li+].[O-][Cl+3]([O-])([O-])O.